The van der Waals surface area contributed by atoms with Crippen molar-refractivity contribution in [3.63, 3.8) is 0 Å². The second-order valence-corrected chi connectivity index (χ2v) is 9.46. The lowest BCUT2D eigenvalue weighted by Crippen LogP contribution is -2.42. The molecule has 0 saturated carbocycles. The van der Waals surface area contributed by atoms with E-state index < -0.39 is 17.7 Å². The molecule has 1 atom stereocenters. The fourth-order valence-corrected chi connectivity index (χ4v) is 5.29. The monoisotopic (exact) mass is 532 g/mol. The summed E-state index contributed by atoms with van der Waals surface area (Å²) in [5.41, 5.74) is 1.01. The predicted molar refractivity (Wildman–Crippen MR) is 146 cm³/mol. The number of methoxy groups -OCH3 is 3. The number of carbonyl (C=O) groups is 2. The summed E-state index contributed by atoms with van der Waals surface area (Å²) in [5, 5.41) is 13.4. The molecule has 2 aliphatic heterocycles. The van der Waals surface area contributed by atoms with Crippen molar-refractivity contribution in [1.29, 1.82) is 0 Å². The zero-order valence-corrected chi connectivity index (χ0v) is 22.3. The number of ether oxygens (including phenoxy) is 4. The van der Waals surface area contributed by atoms with Crippen molar-refractivity contribution < 1.29 is 33.6 Å². The maximum atomic E-state index is 13.5. The Kier molecular flexibility index (Phi) is 7.72. The molecule has 2 aliphatic rings. The molecule has 2 fully saturated rings. The van der Waals surface area contributed by atoms with Crippen molar-refractivity contribution in [2.45, 2.75) is 6.04 Å². The molecule has 5 rings (SSSR count). The summed E-state index contributed by atoms with van der Waals surface area (Å²) >= 11 is 0. The van der Waals surface area contributed by atoms with Crippen LogP contribution in [0, 0.1) is 0 Å². The lowest BCUT2D eigenvalue weighted by atomic mass is 9.93. The van der Waals surface area contributed by atoms with E-state index >= 15 is 0 Å². The second-order valence-electron chi connectivity index (χ2n) is 9.46. The van der Waals surface area contributed by atoms with Crippen LogP contribution in [0.15, 0.2) is 60.2 Å². The van der Waals surface area contributed by atoms with Crippen molar-refractivity contribution >= 4 is 28.2 Å². The summed E-state index contributed by atoms with van der Waals surface area (Å²) in [4.78, 5) is 30.7. The van der Waals surface area contributed by atoms with Gasteiger partial charge < -0.3 is 29.0 Å². The average molecular weight is 533 g/mol. The maximum absolute atomic E-state index is 13.5. The average Bonchev–Trinajstić information content (AvgIpc) is 3.23. The SMILES string of the molecule is COc1ccc2cc(/C(O)=C3\C(=O)C(=O)N(CCN4CCOCC4)C3c3cccc(OC)c3OC)ccc2c1. The Bertz CT molecular complexity index is 1430. The van der Waals surface area contributed by atoms with Gasteiger partial charge in [-0.2, -0.15) is 0 Å². The third-order valence-corrected chi connectivity index (χ3v) is 7.35. The molecular weight excluding hydrogens is 500 g/mol. The van der Waals surface area contributed by atoms with Crippen molar-refractivity contribution in [2.24, 2.45) is 0 Å². The van der Waals surface area contributed by atoms with Crippen LogP contribution in [0.3, 0.4) is 0 Å². The highest BCUT2D eigenvalue weighted by atomic mass is 16.5. The first-order valence-electron chi connectivity index (χ1n) is 12.8. The molecule has 2 heterocycles. The van der Waals surface area contributed by atoms with Crippen LogP contribution in [0.1, 0.15) is 17.2 Å². The number of amides is 1. The zero-order valence-electron chi connectivity index (χ0n) is 22.3. The van der Waals surface area contributed by atoms with Crippen LogP contribution in [0.2, 0.25) is 0 Å². The van der Waals surface area contributed by atoms with E-state index in [0.29, 0.717) is 48.9 Å². The third kappa shape index (κ3) is 5.03. The van der Waals surface area contributed by atoms with E-state index in [0.717, 1.165) is 29.6 Å². The molecule has 2 saturated heterocycles. The molecule has 204 valence electrons. The van der Waals surface area contributed by atoms with Crippen molar-refractivity contribution in [3.8, 4) is 17.2 Å². The Labute approximate surface area is 227 Å². The van der Waals surface area contributed by atoms with Gasteiger partial charge in [0.25, 0.3) is 11.7 Å². The number of aliphatic hydroxyl groups excluding tert-OH is 1. The highest BCUT2D eigenvalue weighted by Gasteiger charge is 2.47. The van der Waals surface area contributed by atoms with E-state index in [2.05, 4.69) is 4.90 Å². The molecule has 3 aromatic rings. The largest absolute Gasteiger partial charge is 0.507 e. The number of hydrogen-bond acceptors (Lipinski definition) is 8. The standard InChI is InChI=1S/C30H32N2O7/c1-36-22-10-9-19-17-21(8-7-20(19)18-22)27(33)25-26(23-5-4-6-24(37-2)29(23)38-3)32(30(35)28(25)34)12-11-31-13-15-39-16-14-31/h4-10,17-18,26,33H,11-16H2,1-3H3/b27-25+. The van der Waals surface area contributed by atoms with Gasteiger partial charge in [-0.15, -0.1) is 0 Å². The van der Waals surface area contributed by atoms with Gasteiger partial charge in [-0.05, 0) is 35.0 Å². The molecule has 0 spiro atoms. The van der Waals surface area contributed by atoms with Gasteiger partial charge in [0.2, 0.25) is 0 Å². The van der Waals surface area contributed by atoms with Gasteiger partial charge in [-0.1, -0.05) is 30.3 Å². The molecular formula is C30H32N2O7. The summed E-state index contributed by atoms with van der Waals surface area (Å²) in [7, 11) is 4.65. The Morgan fingerprint density at radius 2 is 1.67 bits per heavy atom. The Balaban J connectivity index is 1.62. The number of ketones is 1. The highest BCUT2D eigenvalue weighted by molar-refractivity contribution is 6.46. The number of carbonyl (C=O) groups excluding carboxylic acids is 2. The number of benzene rings is 3. The smallest absolute Gasteiger partial charge is 0.295 e. The lowest BCUT2D eigenvalue weighted by Gasteiger charge is -2.31. The normalized spacial score (nSPS) is 19.5. The fourth-order valence-electron chi connectivity index (χ4n) is 5.29. The van der Waals surface area contributed by atoms with Crippen LogP contribution in [0.4, 0.5) is 0 Å². The van der Waals surface area contributed by atoms with Gasteiger partial charge in [0.1, 0.15) is 11.5 Å². The number of morpholine rings is 1. The molecule has 0 aliphatic carbocycles. The Morgan fingerprint density at radius 1 is 0.923 bits per heavy atom. The quantitative estimate of drug-likeness (QED) is 0.267. The van der Waals surface area contributed by atoms with Crippen LogP contribution in [0.5, 0.6) is 17.2 Å². The molecule has 9 heteroatoms. The first-order chi connectivity index (χ1) is 19.0. The number of hydrogen-bond donors (Lipinski definition) is 1. The van der Waals surface area contributed by atoms with Gasteiger partial charge in [0.15, 0.2) is 11.5 Å². The zero-order chi connectivity index (χ0) is 27.5. The first-order valence-corrected chi connectivity index (χ1v) is 12.8. The molecule has 1 unspecified atom stereocenters. The topological polar surface area (TPSA) is 97.8 Å². The number of Topliss-reactive ketones (excluding diaryl/α,β-unsaturated/α-hetero) is 1. The number of nitrogens with zero attached hydrogens (tertiary/aromatic N) is 2. The number of aliphatic hydroxyl groups is 1. The third-order valence-electron chi connectivity index (χ3n) is 7.35. The first kappa shape index (κ1) is 26.5. The van der Waals surface area contributed by atoms with Crippen LogP contribution in [-0.4, -0.2) is 87.3 Å². The van der Waals surface area contributed by atoms with Gasteiger partial charge in [0.05, 0.1) is 46.2 Å². The van der Waals surface area contributed by atoms with Crippen LogP contribution >= 0.6 is 0 Å². The van der Waals surface area contributed by atoms with E-state index in [1.807, 2.05) is 24.3 Å². The van der Waals surface area contributed by atoms with E-state index in [9.17, 15) is 14.7 Å². The van der Waals surface area contributed by atoms with Gasteiger partial charge >= 0.3 is 0 Å². The Morgan fingerprint density at radius 3 is 2.38 bits per heavy atom. The van der Waals surface area contributed by atoms with Crippen LogP contribution < -0.4 is 14.2 Å². The van der Waals surface area contributed by atoms with E-state index in [1.165, 1.54) is 19.1 Å². The summed E-state index contributed by atoms with van der Waals surface area (Å²) in [6.07, 6.45) is 0. The van der Waals surface area contributed by atoms with Gasteiger partial charge in [-0.25, -0.2) is 0 Å². The van der Waals surface area contributed by atoms with Crippen LogP contribution in [0.25, 0.3) is 16.5 Å². The molecule has 0 aromatic heterocycles. The Hall–Kier alpha value is -4.08. The van der Waals surface area contributed by atoms with Crippen LogP contribution in [-0.2, 0) is 14.3 Å². The minimum absolute atomic E-state index is 0.0152. The molecule has 0 radical (unpaired) electrons. The lowest BCUT2D eigenvalue weighted by molar-refractivity contribution is -0.140. The van der Waals surface area contributed by atoms with E-state index in [4.69, 9.17) is 18.9 Å². The summed E-state index contributed by atoms with van der Waals surface area (Å²) in [5.74, 6) is -0.0529. The molecule has 1 amide bonds. The number of fused-ring (bicyclic) bond motifs is 1. The molecule has 3 aromatic carbocycles. The number of rotatable bonds is 8. The number of likely N-dealkylation sites (tertiary alicyclic amines) is 1. The minimum Gasteiger partial charge on any atom is -0.507 e. The minimum atomic E-state index is -0.859. The second kappa shape index (κ2) is 11.3. The fraction of sp³-hybridized carbons (Fsp3) is 0.333. The molecule has 39 heavy (non-hydrogen) atoms. The van der Waals surface area contributed by atoms with E-state index in [-0.39, 0.29) is 11.3 Å². The van der Waals surface area contributed by atoms with Gasteiger partial charge in [-0.3, -0.25) is 14.5 Å². The summed E-state index contributed by atoms with van der Waals surface area (Å²) in [6.45, 7) is 3.61. The predicted octanol–water partition coefficient (Wildman–Crippen LogP) is 3.62. The van der Waals surface area contributed by atoms with E-state index in [1.54, 1.807) is 37.4 Å². The van der Waals surface area contributed by atoms with Gasteiger partial charge in [0, 0.05) is 37.3 Å². The van der Waals surface area contributed by atoms with Crippen molar-refractivity contribution in [2.75, 3.05) is 60.7 Å². The molecule has 9 nitrogen and oxygen atoms in total. The molecule has 1 N–H and O–H groups in total. The van der Waals surface area contributed by atoms with Crippen molar-refractivity contribution in [3.05, 3.63) is 71.3 Å². The van der Waals surface area contributed by atoms with Crippen molar-refractivity contribution in [1.82, 2.24) is 9.80 Å². The molecule has 0 bridgehead atoms. The highest BCUT2D eigenvalue weighted by Crippen LogP contribution is 2.45. The summed E-state index contributed by atoms with van der Waals surface area (Å²) < 4.78 is 21.9. The number of para-hydroxylation sites is 1. The maximum Gasteiger partial charge on any atom is 0.295 e. The summed E-state index contributed by atoms with van der Waals surface area (Å²) in [6, 6.07) is 15.5.